The van der Waals surface area contributed by atoms with Crippen LogP contribution in [0.4, 0.5) is 0 Å². The summed E-state index contributed by atoms with van der Waals surface area (Å²) in [5, 5.41) is 9.50. The van der Waals surface area contributed by atoms with Crippen LogP contribution in [0.2, 0.25) is 19.6 Å². The molecule has 1 N–H and O–H groups in total. The molecule has 0 saturated heterocycles. The second kappa shape index (κ2) is 5.06. The molecule has 0 aliphatic carbocycles. The standard InChI is InChI=1S/C13H16O3Si/c1-16-13(15)11-7-10(8-12(14)9-11)5-6-17(2,3)4/h7-9,14H,1-4H3. The van der Waals surface area contributed by atoms with Crippen LogP contribution in [-0.4, -0.2) is 26.3 Å². The summed E-state index contributed by atoms with van der Waals surface area (Å²) >= 11 is 0. The van der Waals surface area contributed by atoms with Crippen molar-refractivity contribution >= 4 is 14.0 Å². The normalized spacial score (nSPS) is 10.4. The lowest BCUT2D eigenvalue weighted by atomic mass is 10.1. The topological polar surface area (TPSA) is 46.5 Å². The van der Waals surface area contributed by atoms with Crippen molar-refractivity contribution in [2.75, 3.05) is 7.11 Å². The number of esters is 1. The van der Waals surface area contributed by atoms with E-state index in [0.717, 1.165) is 0 Å². The van der Waals surface area contributed by atoms with E-state index in [1.54, 1.807) is 12.1 Å². The fraction of sp³-hybridized carbons (Fsp3) is 0.308. The first-order valence-electron chi connectivity index (χ1n) is 5.27. The summed E-state index contributed by atoms with van der Waals surface area (Å²) in [6.45, 7) is 6.39. The minimum atomic E-state index is -1.47. The number of phenolic OH excluding ortho intramolecular Hbond substituents is 1. The Morgan fingerprint density at radius 3 is 2.47 bits per heavy atom. The Hall–Kier alpha value is -1.73. The summed E-state index contributed by atoms with van der Waals surface area (Å²) in [7, 11) is -0.164. The molecule has 0 atom stereocenters. The third kappa shape index (κ3) is 4.33. The molecule has 0 saturated carbocycles. The molecule has 0 heterocycles. The number of hydrogen-bond acceptors (Lipinski definition) is 3. The van der Waals surface area contributed by atoms with Gasteiger partial charge in [0.15, 0.2) is 0 Å². The molecular weight excluding hydrogens is 232 g/mol. The second-order valence-electron chi connectivity index (χ2n) is 4.76. The highest BCUT2D eigenvalue weighted by atomic mass is 28.3. The number of rotatable bonds is 1. The van der Waals surface area contributed by atoms with Gasteiger partial charge in [0, 0.05) is 5.56 Å². The molecular formula is C13H16O3Si. The summed E-state index contributed by atoms with van der Waals surface area (Å²) in [6.07, 6.45) is 0. The Balaban J connectivity index is 3.13. The van der Waals surface area contributed by atoms with E-state index in [1.807, 2.05) is 0 Å². The number of phenols is 1. The number of carbonyl (C=O) groups is 1. The summed E-state index contributed by atoms with van der Waals surface area (Å²) in [4.78, 5) is 11.3. The maximum atomic E-state index is 11.3. The molecule has 1 aromatic rings. The zero-order valence-corrected chi connectivity index (χ0v) is 11.5. The molecule has 0 radical (unpaired) electrons. The lowest BCUT2D eigenvalue weighted by Gasteiger charge is -2.04. The molecule has 1 aromatic carbocycles. The Morgan fingerprint density at radius 1 is 1.29 bits per heavy atom. The Morgan fingerprint density at radius 2 is 1.94 bits per heavy atom. The minimum absolute atomic E-state index is 0.0211. The largest absolute Gasteiger partial charge is 0.508 e. The van der Waals surface area contributed by atoms with Crippen molar-refractivity contribution in [2.24, 2.45) is 0 Å². The average molecular weight is 248 g/mol. The molecule has 0 aromatic heterocycles. The van der Waals surface area contributed by atoms with Gasteiger partial charge in [-0.15, -0.1) is 5.54 Å². The van der Waals surface area contributed by atoms with Crippen LogP contribution in [-0.2, 0) is 4.74 Å². The lowest BCUT2D eigenvalue weighted by molar-refractivity contribution is 0.0600. The third-order valence-electron chi connectivity index (χ3n) is 1.92. The van der Waals surface area contributed by atoms with Crippen LogP contribution in [0.3, 0.4) is 0 Å². The lowest BCUT2D eigenvalue weighted by Crippen LogP contribution is -2.16. The maximum Gasteiger partial charge on any atom is 0.338 e. The van der Waals surface area contributed by atoms with Crippen molar-refractivity contribution in [3.05, 3.63) is 29.3 Å². The first kappa shape index (κ1) is 13.3. The van der Waals surface area contributed by atoms with E-state index in [4.69, 9.17) is 0 Å². The second-order valence-corrected chi connectivity index (χ2v) is 9.51. The highest BCUT2D eigenvalue weighted by molar-refractivity contribution is 6.83. The molecule has 0 aliphatic rings. The molecule has 1 rings (SSSR count). The van der Waals surface area contributed by atoms with Crippen LogP contribution in [0.5, 0.6) is 5.75 Å². The fourth-order valence-electron chi connectivity index (χ4n) is 1.18. The zero-order chi connectivity index (χ0) is 13.1. The van der Waals surface area contributed by atoms with Gasteiger partial charge in [0.05, 0.1) is 12.7 Å². The molecule has 0 spiro atoms. The Bertz CT molecular complexity index is 490. The predicted octanol–water partition coefficient (Wildman–Crippen LogP) is 2.41. The molecule has 0 bridgehead atoms. The first-order chi connectivity index (χ1) is 7.81. The highest BCUT2D eigenvalue weighted by Crippen LogP contribution is 2.16. The van der Waals surface area contributed by atoms with E-state index >= 15 is 0 Å². The minimum Gasteiger partial charge on any atom is -0.508 e. The van der Waals surface area contributed by atoms with Crippen molar-refractivity contribution in [2.45, 2.75) is 19.6 Å². The van der Waals surface area contributed by atoms with Crippen LogP contribution in [0.25, 0.3) is 0 Å². The predicted molar refractivity (Wildman–Crippen MR) is 69.7 cm³/mol. The zero-order valence-electron chi connectivity index (χ0n) is 10.5. The monoisotopic (exact) mass is 248 g/mol. The Labute approximate surface area is 102 Å². The number of carbonyl (C=O) groups excluding carboxylic acids is 1. The van der Waals surface area contributed by atoms with Crippen molar-refractivity contribution in [1.29, 1.82) is 0 Å². The van der Waals surface area contributed by atoms with Gasteiger partial charge in [-0.1, -0.05) is 25.6 Å². The number of ether oxygens (including phenoxy) is 1. The Kier molecular flexibility index (Phi) is 3.97. The molecule has 3 nitrogen and oxygen atoms in total. The van der Waals surface area contributed by atoms with Gasteiger partial charge in [0.25, 0.3) is 0 Å². The van der Waals surface area contributed by atoms with Gasteiger partial charge < -0.3 is 9.84 Å². The van der Waals surface area contributed by atoms with Crippen molar-refractivity contribution < 1.29 is 14.6 Å². The smallest absolute Gasteiger partial charge is 0.338 e. The van der Waals surface area contributed by atoms with Gasteiger partial charge in [-0.3, -0.25) is 0 Å². The van der Waals surface area contributed by atoms with Gasteiger partial charge >= 0.3 is 5.97 Å². The quantitative estimate of drug-likeness (QED) is 0.471. The van der Waals surface area contributed by atoms with E-state index in [2.05, 4.69) is 35.8 Å². The van der Waals surface area contributed by atoms with Crippen LogP contribution >= 0.6 is 0 Å². The number of hydrogen-bond donors (Lipinski definition) is 1. The summed E-state index contributed by atoms with van der Waals surface area (Å²) < 4.78 is 4.60. The first-order valence-corrected chi connectivity index (χ1v) is 8.77. The van der Waals surface area contributed by atoms with E-state index < -0.39 is 14.0 Å². The average Bonchev–Trinajstić information content (AvgIpc) is 2.23. The number of methoxy groups -OCH3 is 1. The molecule has 4 heteroatoms. The van der Waals surface area contributed by atoms with E-state index in [1.165, 1.54) is 13.2 Å². The molecule has 90 valence electrons. The van der Waals surface area contributed by atoms with Crippen molar-refractivity contribution in [3.63, 3.8) is 0 Å². The van der Waals surface area contributed by atoms with Crippen LogP contribution in [0.15, 0.2) is 18.2 Å². The maximum absolute atomic E-state index is 11.3. The van der Waals surface area contributed by atoms with Gasteiger partial charge in [0.2, 0.25) is 0 Å². The summed E-state index contributed by atoms with van der Waals surface area (Å²) in [5.74, 6) is 2.53. The van der Waals surface area contributed by atoms with Gasteiger partial charge in [-0.05, 0) is 18.2 Å². The van der Waals surface area contributed by atoms with Gasteiger partial charge in [-0.25, -0.2) is 4.79 Å². The summed E-state index contributed by atoms with van der Waals surface area (Å²) in [5.41, 5.74) is 4.12. The van der Waals surface area contributed by atoms with Gasteiger partial charge in [-0.2, -0.15) is 0 Å². The van der Waals surface area contributed by atoms with Crippen LogP contribution in [0, 0.1) is 11.5 Å². The highest BCUT2D eigenvalue weighted by Gasteiger charge is 2.09. The molecule has 0 amide bonds. The molecule has 0 aliphatic heterocycles. The number of aromatic hydroxyl groups is 1. The van der Waals surface area contributed by atoms with E-state index in [9.17, 15) is 9.90 Å². The molecule has 17 heavy (non-hydrogen) atoms. The SMILES string of the molecule is COC(=O)c1cc(O)cc(C#C[Si](C)(C)C)c1. The number of benzene rings is 1. The van der Waals surface area contributed by atoms with E-state index in [-0.39, 0.29) is 5.75 Å². The van der Waals surface area contributed by atoms with Gasteiger partial charge in [0.1, 0.15) is 13.8 Å². The van der Waals surface area contributed by atoms with E-state index in [0.29, 0.717) is 11.1 Å². The van der Waals surface area contributed by atoms with Crippen LogP contribution < -0.4 is 0 Å². The van der Waals surface area contributed by atoms with Crippen LogP contribution in [0.1, 0.15) is 15.9 Å². The molecule has 0 unspecified atom stereocenters. The molecule has 0 fully saturated rings. The summed E-state index contributed by atoms with van der Waals surface area (Å²) in [6, 6.07) is 4.53. The van der Waals surface area contributed by atoms with Crippen molar-refractivity contribution in [1.82, 2.24) is 0 Å². The fourth-order valence-corrected chi connectivity index (χ4v) is 1.70. The third-order valence-corrected chi connectivity index (χ3v) is 2.80. The van der Waals surface area contributed by atoms with Crippen molar-refractivity contribution in [3.8, 4) is 17.2 Å².